The summed E-state index contributed by atoms with van der Waals surface area (Å²) < 4.78 is 0. The van der Waals surface area contributed by atoms with Gasteiger partial charge in [-0.2, -0.15) is 0 Å². The van der Waals surface area contributed by atoms with Crippen LogP contribution in [0.3, 0.4) is 0 Å². The van der Waals surface area contributed by atoms with E-state index in [0.29, 0.717) is 12.1 Å². The van der Waals surface area contributed by atoms with Crippen molar-refractivity contribution >= 4 is 0 Å². The van der Waals surface area contributed by atoms with Gasteiger partial charge in [0.25, 0.3) is 0 Å². The summed E-state index contributed by atoms with van der Waals surface area (Å²) in [5.74, 6) is 0.956. The zero-order valence-corrected chi connectivity index (χ0v) is 14.2. The lowest BCUT2D eigenvalue weighted by Gasteiger charge is -2.35. The fraction of sp³-hybridized carbons (Fsp3) is 0.684. The van der Waals surface area contributed by atoms with Gasteiger partial charge in [-0.3, -0.25) is 4.90 Å². The van der Waals surface area contributed by atoms with Gasteiger partial charge in [0.1, 0.15) is 0 Å². The molecular weight excluding hydrogens is 256 g/mol. The Labute approximate surface area is 130 Å². The minimum atomic E-state index is 0.430. The van der Waals surface area contributed by atoms with Crippen LogP contribution in [-0.4, -0.2) is 30.6 Å². The Morgan fingerprint density at radius 3 is 2.29 bits per heavy atom. The molecule has 1 aromatic rings. The second kappa shape index (κ2) is 7.95. The smallest absolute Gasteiger partial charge is 0.0475 e. The summed E-state index contributed by atoms with van der Waals surface area (Å²) in [5.41, 5.74) is 2.85. The lowest BCUT2D eigenvalue weighted by atomic mass is 9.97. The standard InChI is InChI=1S/C19H32N2/c1-5-16-10-12-18(13-11-16)19(20-6-2)15(4)21(7-3)14-17-8-9-17/h10-13,15,17,19-20H,5-9,14H2,1-4H3. The highest BCUT2D eigenvalue weighted by Crippen LogP contribution is 2.32. The maximum Gasteiger partial charge on any atom is 0.0475 e. The number of aryl methyl sites for hydroxylation is 1. The monoisotopic (exact) mass is 288 g/mol. The third-order valence-corrected chi connectivity index (χ3v) is 4.83. The van der Waals surface area contributed by atoms with Gasteiger partial charge in [0, 0.05) is 18.6 Å². The molecule has 0 heterocycles. The van der Waals surface area contributed by atoms with Crippen LogP contribution in [0.2, 0.25) is 0 Å². The first-order chi connectivity index (χ1) is 10.2. The van der Waals surface area contributed by atoms with E-state index in [0.717, 1.165) is 25.4 Å². The average Bonchev–Trinajstić information content (AvgIpc) is 3.34. The van der Waals surface area contributed by atoms with E-state index in [2.05, 4.69) is 62.2 Å². The van der Waals surface area contributed by atoms with Crippen molar-refractivity contribution < 1.29 is 0 Å². The molecule has 0 aliphatic heterocycles. The molecule has 2 rings (SSSR count). The molecule has 118 valence electrons. The van der Waals surface area contributed by atoms with E-state index in [-0.39, 0.29) is 0 Å². The molecule has 0 spiro atoms. The topological polar surface area (TPSA) is 15.3 Å². The number of nitrogens with one attached hydrogen (secondary N) is 1. The van der Waals surface area contributed by atoms with Gasteiger partial charge in [0.15, 0.2) is 0 Å². The molecule has 2 unspecified atom stereocenters. The summed E-state index contributed by atoms with van der Waals surface area (Å²) in [4.78, 5) is 2.65. The minimum absolute atomic E-state index is 0.430. The highest BCUT2D eigenvalue weighted by atomic mass is 15.2. The van der Waals surface area contributed by atoms with Crippen LogP contribution in [-0.2, 0) is 6.42 Å². The lowest BCUT2D eigenvalue weighted by Crippen LogP contribution is -2.43. The second-order valence-electron chi connectivity index (χ2n) is 6.40. The van der Waals surface area contributed by atoms with E-state index in [1.54, 1.807) is 0 Å². The Morgan fingerprint density at radius 1 is 1.14 bits per heavy atom. The van der Waals surface area contributed by atoms with Crippen molar-refractivity contribution in [1.29, 1.82) is 0 Å². The summed E-state index contributed by atoms with van der Waals surface area (Å²) in [7, 11) is 0. The first-order valence-electron chi connectivity index (χ1n) is 8.75. The van der Waals surface area contributed by atoms with Gasteiger partial charge >= 0.3 is 0 Å². The molecule has 0 aromatic heterocycles. The predicted molar refractivity (Wildman–Crippen MR) is 91.7 cm³/mol. The van der Waals surface area contributed by atoms with Gasteiger partial charge in [0.2, 0.25) is 0 Å². The molecule has 0 saturated heterocycles. The van der Waals surface area contributed by atoms with Crippen molar-refractivity contribution in [1.82, 2.24) is 10.2 Å². The predicted octanol–water partition coefficient (Wildman–Crippen LogP) is 4.02. The van der Waals surface area contributed by atoms with E-state index in [9.17, 15) is 0 Å². The van der Waals surface area contributed by atoms with Gasteiger partial charge < -0.3 is 5.32 Å². The molecule has 0 bridgehead atoms. The Kier molecular flexibility index (Phi) is 6.25. The van der Waals surface area contributed by atoms with Crippen molar-refractivity contribution in [3.63, 3.8) is 0 Å². The summed E-state index contributed by atoms with van der Waals surface area (Å²) in [5, 5.41) is 3.70. The molecule has 2 nitrogen and oxygen atoms in total. The van der Waals surface area contributed by atoms with Crippen molar-refractivity contribution in [2.24, 2.45) is 5.92 Å². The third-order valence-electron chi connectivity index (χ3n) is 4.83. The molecule has 1 saturated carbocycles. The maximum absolute atomic E-state index is 3.70. The van der Waals surface area contributed by atoms with Crippen molar-refractivity contribution in [3.8, 4) is 0 Å². The molecular formula is C19H32N2. The SMILES string of the molecule is CCNC(c1ccc(CC)cc1)C(C)N(CC)CC1CC1. The van der Waals surface area contributed by atoms with Gasteiger partial charge in [-0.1, -0.05) is 45.0 Å². The first kappa shape index (κ1) is 16.5. The number of rotatable bonds is 9. The first-order valence-corrected chi connectivity index (χ1v) is 8.75. The number of benzene rings is 1. The quantitative estimate of drug-likeness (QED) is 0.738. The van der Waals surface area contributed by atoms with Crippen molar-refractivity contribution in [2.45, 2.75) is 59.0 Å². The second-order valence-corrected chi connectivity index (χ2v) is 6.40. The molecule has 1 aromatic carbocycles. The molecule has 2 heteroatoms. The lowest BCUT2D eigenvalue weighted by molar-refractivity contribution is 0.171. The van der Waals surface area contributed by atoms with Crippen LogP contribution in [0, 0.1) is 5.92 Å². The molecule has 1 N–H and O–H groups in total. The highest BCUT2D eigenvalue weighted by Gasteiger charge is 2.29. The van der Waals surface area contributed by atoms with Crippen LogP contribution in [0.1, 0.15) is 57.7 Å². The summed E-state index contributed by atoms with van der Waals surface area (Å²) in [6.07, 6.45) is 3.98. The van der Waals surface area contributed by atoms with Crippen LogP contribution < -0.4 is 5.32 Å². The third kappa shape index (κ3) is 4.55. The fourth-order valence-electron chi connectivity index (χ4n) is 3.17. The fourth-order valence-corrected chi connectivity index (χ4v) is 3.17. The van der Waals surface area contributed by atoms with Gasteiger partial charge in [0.05, 0.1) is 0 Å². The molecule has 1 fully saturated rings. The number of likely N-dealkylation sites (N-methyl/N-ethyl adjacent to an activating group) is 2. The normalized spacial score (nSPS) is 18.0. The Balaban J connectivity index is 2.10. The summed E-state index contributed by atoms with van der Waals surface area (Å²) in [6.45, 7) is 12.5. The average molecular weight is 288 g/mol. The Morgan fingerprint density at radius 2 is 1.81 bits per heavy atom. The largest absolute Gasteiger partial charge is 0.309 e. The summed E-state index contributed by atoms with van der Waals surface area (Å²) >= 11 is 0. The Bertz CT molecular complexity index is 408. The molecule has 0 amide bonds. The number of hydrogen-bond donors (Lipinski definition) is 1. The maximum atomic E-state index is 3.70. The number of nitrogens with zero attached hydrogens (tertiary/aromatic N) is 1. The molecule has 1 aliphatic carbocycles. The van der Waals surface area contributed by atoms with Gasteiger partial charge in [-0.15, -0.1) is 0 Å². The minimum Gasteiger partial charge on any atom is -0.309 e. The Hall–Kier alpha value is -0.860. The zero-order chi connectivity index (χ0) is 15.2. The van der Waals surface area contributed by atoms with Crippen LogP contribution in [0.15, 0.2) is 24.3 Å². The van der Waals surface area contributed by atoms with Gasteiger partial charge in [-0.25, -0.2) is 0 Å². The molecule has 0 radical (unpaired) electrons. The summed E-state index contributed by atoms with van der Waals surface area (Å²) in [6, 6.07) is 10.2. The number of hydrogen-bond acceptors (Lipinski definition) is 2. The van der Waals surface area contributed by atoms with Crippen LogP contribution in [0.5, 0.6) is 0 Å². The molecule has 1 aliphatic rings. The van der Waals surface area contributed by atoms with E-state index < -0.39 is 0 Å². The van der Waals surface area contributed by atoms with Gasteiger partial charge in [-0.05, 0) is 56.3 Å². The zero-order valence-electron chi connectivity index (χ0n) is 14.2. The van der Waals surface area contributed by atoms with Crippen molar-refractivity contribution in [2.75, 3.05) is 19.6 Å². The van der Waals surface area contributed by atoms with E-state index >= 15 is 0 Å². The van der Waals surface area contributed by atoms with Crippen molar-refractivity contribution in [3.05, 3.63) is 35.4 Å². The molecule has 2 atom stereocenters. The highest BCUT2D eigenvalue weighted by molar-refractivity contribution is 5.26. The van der Waals surface area contributed by atoms with E-state index in [1.165, 1.54) is 30.5 Å². The van der Waals surface area contributed by atoms with E-state index in [4.69, 9.17) is 0 Å². The molecule has 21 heavy (non-hydrogen) atoms. The van der Waals surface area contributed by atoms with Crippen LogP contribution >= 0.6 is 0 Å². The van der Waals surface area contributed by atoms with Crippen LogP contribution in [0.4, 0.5) is 0 Å². The van der Waals surface area contributed by atoms with Crippen LogP contribution in [0.25, 0.3) is 0 Å². The van der Waals surface area contributed by atoms with E-state index in [1.807, 2.05) is 0 Å².